The first-order valence-electron chi connectivity index (χ1n) is 9.00. The van der Waals surface area contributed by atoms with Gasteiger partial charge in [-0.2, -0.15) is 0 Å². The Morgan fingerprint density at radius 1 is 1.07 bits per heavy atom. The molecule has 0 bridgehead atoms. The highest BCUT2D eigenvalue weighted by Crippen LogP contribution is 2.26. The maximum atomic E-state index is 11.7. The molecular formula is C19H22N4O7. The minimum Gasteiger partial charge on any atom is -0.508 e. The van der Waals surface area contributed by atoms with Gasteiger partial charge in [-0.3, -0.25) is 10.1 Å². The van der Waals surface area contributed by atoms with Crippen molar-refractivity contribution >= 4 is 29.3 Å². The third kappa shape index (κ3) is 5.80. The third-order valence-electron chi connectivity index (χ3n) is 4.29. The number of pyridine rings is 1. The van der Waals surface area contributed by atoms with Crippen molar-refractivity contribution in [2.75, 3.05) is 10.6 Å². The number of phenols is 1. The molecule has 2 aromatic rings. The number of aliphatic carboxylic acids is 2. The van der Waals surface area contributed by atoms with Gasteiger partial charge in [-0.25, -0.2) is 14.6 Å². The van der Waals surface area contributed by atoms with Crippen LogP contribution in [0.1, 0.15) is 19.4 Å². The summed E-state index contributed by atoms with van der Waals surface area (Å²) in [5, 5.41) is 44.7. The number of phenolic OH excluding ortho intramolecular Hbond substituents is 1. The van der Waals surface area contributed by atoms with E-state index in [1.54, 1.807) is 26.0 Å². The molecule has 0 unspecified atom stereocenters. The lowest BCUT2D eigenvalue weighted by Crippen LogP contribution is -2.35. The van der Waals surface area contributed by atoms with Crippen molar-refractivity contribution in [3.8, 4) is 5.75 Å². The van der Waals surface area contributed by atoms with Gasteiger partial charge < -0.3 is 26.0 Å². The van der Waals surface area contributed by atoms with Gasteiger partial charge in [0.05, 0.1) is 4.92 Å². The number of aromatic hydroxyl groups is 1. The molecule has 0 amide bonds. The highest BCUT2D eigenvalue weighted by molar-refractivity contribution is 5.79. The number of aromatic nitrogens is 1. The Labute approximate surface area is 171 Å². The maximum Gasteiger partial charge on any atom is 0.326 e. The van der Waals surface area contributed by atoms with Gasteiger partial charge in [0.1, 0.15) is 23.7 Å². The van der Waals surface area contributed by atoms with Gasteiger partial charge in [0.15, 0.2) is 0 Å². The molecule has 160 valence electrons. The van der Waals surface area contributed by atoms with Crippen LogP contribution in [0, 0.1) is 16.0 Å². The predicted octanol–water partition coefficient (Wildman–Crippen LogP) is 2.32. The lowest BCUT2D eigenvalue weighted by Gasteiger charge is -2.20. The Kier molecular flexibility index (Phi) is 7.13. The molecule has 2 rings (SSSR count). The topological polar surface area (TPSA) is 175 Å². The number of hydrogen-bond acceptors (Lipinski definition) is 8. The fourth-order valence-corrected chi connectivity index (χ4v) is 2.69. The van der Waals surface area contributed by atoms with Gasteiger partial charge in [0, 0.05) is 12.5 Å². The maximum absolute atomic E-state index is 11.7. The molecule has 5 N–H and O–H groups in total. The lowest BCUT2D eigenvalue weighted by molar-refractivity contribution is -0.384. The van der Waals surface area contributed by atoms with Crippen molar-refractivity contribution in [3.05, 3.63) is 52.1 Å². The molecule has 11 heteroatoms. The summed E-state index contributed by atoms with van der Waals surface area (Å²) < 4.78 is 0. The van der Waals surface area contributed by atoms with Crippen molar-refractivity contribution in [1.29, 1.82) is 0 Å². The molecule has 1 aromatic carbocycles. The van der Waals surface area contributed by atoms with E-state index in [4.69, 9.17) is 0 Å². The van der Waals surface area contributed by atoms with Gasteiger partial charge in [0.2, 0.25) is 5.82 Å². The molecule has 1 aromatic heterocycles. The fraction of sp³-hybridized carbons (Fsp3) is 0.316. The van der Waals surface area contributed by atoms with E-state index in [1.165, 1.54) is 18.2 Å². The molecule has 1 heterocycles. The second-order valence-corrected chi connectivity index (χ2v) is 6.93. The van der Waals surface area contributed by atoms with Crippen molar-refractivity contribution in [2.24, 2.45) is 5.92 Å². The number of carbonyl (C=O) groups is 2. The molecule has 0 fully saturated rings. The Balaban J connectivity index is 2.30. The summed E-state index contributed by atoms with van der Waals surface area (Å²) in [6, 6.07) is 6.14. The smallest absolute Gasteiger partial charge is 0.326 e. The van der Waals surface area contributed by atoms with Crippen LogP contribution in [0.2, 0.25) is 0 Å². The van der Waals surface area contributed by atoms with Crippen LogP contribution in [0.15, 0.2) is 36.4 Å². The molecule has 0 aliphatic heterocycles. The lowest BCUT2D eigenvalue weighted by atomic mass is 10.0. The number of carboxylic acid groups (broad SMARTS) is 2. The van der Waals surface area contributed by atoms with Gasteiger partial charge >= 0.3 is 17.6 Å². The molecule has 0 aliphatic rings. The first-order chi connectivity index (χ1) is 14.1. The van der Waals surface area contributed by atoms with Crippen molar-refractivity contribution in [2.45, 2.75) is 32.4 Å². The minimum absolute atomic E-state index is 0.0298. The molecule has 0 aliphatic carbocycles. The number of carboxylic acids is 2. The second kappa shape index (κ2) is 9.54. The number of anilines is 2. The molecule has 0 saturated heterocycles. The normalized spacial score (nSPS) is 12.8. The quantitative estimate of drug-likeness (QED) is 0.284. The highest BCUT2D eigenvalue weighted by atomic mass is 16.6. The van der Waals surface area contributed by atoms with Crippen molar-refractivity contribution < 1.29 is 29.8 Å². The van der Waals surface area contributed by atoms with E-state index in [0.717, 1.165) is 6.07 Å². The molecule has 11 nitrogen and oxygen atoms in total. The fourth-order valence-electron chi connectivity index (χ4n) is 2.69. The number of benzene rings is 1. The molecule has 2 atom stereocenters. The largest absolute Gasteiger partial charge is 0.508 e. The van der Waals surface area contributed by atoms with Crippen molar-refractivity contribution in [1.82, 2.24) is 4.98 Å². The minimum atomic E-state index is -1.20. The molecule has 0 spiro atoms. The van der Waals surface area contributed by atoms with Gasteiger partial charge in [-0.1, -0.05) is 26.0 Å². The average molecular weight is 418 g/mol. The standard InChI is InChI=1S/C19H22N4O7/c1-10(2)16(19(27)28)22-17-14(23(29)30)7-8-15(21-17)20-13(18(25)26)9-11-3-5-12(24)6-4-11/h3-8,10,13,16,24H,9H2,1-2H3,(H,25,26)(H,27,28)(H2,20,21,22)/t13-,16-/m0/s1. The first kappa shape index (κ1) is 22.4. The van der Waals surface area contributed by atoms with Gasteiger partial charge in [-0.05, 0) is 29.7 Å². The summed E-state index contributed by atoms with van der Waals surface area (Å²) in [5.41, 5.74) is 0.205. The molecule has 0 saturated carbocycles. The van der Waals surface area contributed by atoms with Gasteiger partial charge in [-0.15, -0.1) is 0 Å². The monoisotopic (exact) mass is 418 g/mol. The first-order valence-corrected chi connectivity index (χ1v) is 9.00. The number of hydrogen-bond donors (Lipinski definition) is 5. The predicted molar refractivity (Wildman–Crippen MR) is 108 cm³/mol. The summed E-state index contributed by atoms with van der Waals surface area (Å²) in [4.78, 5) is 37.7. The summed E-state index contributed by atoms with van der Waals surface area (Å²) in [6.45, 7) is 3.27. The van der Waals surface area contributed by atoms with Crippen LogP contribution in [-0.2, 0) is 16.0 Å². The van der Waals surface area contributed by atoms with Crippen LogP contribution >= 0.6 is 0 Å². The van der Waals surface area contributed by atoms with E-state index in [9.17, 15) is 35.0 Å². The van der Waals surface area contributed by atoms with E-state index < -0.39 is 34.6 Å². The molecule has 30 heavy (non-hydrogen) atoms. The van der Waals surface area contributed by atoms with E-state index in [2.05, 4.69) is 15.6 Å². The summed E-state index contributed by atoms with van der Waals surface area (Å²) >= 11 is 0. The SMILES string of the molecule is CC(C)[C@H](Nc1nc(N[C@@H](Cc2ccc(O)cc2)C(=O)O)ccc1[N+](=O)[O-])C(=O)O. The zero-order chi connectivity index (χ0) is 22.4. The molecular weight excluding hydrogens is 396 g/mol. The summed E-state index contributed by atoms with van der Waals surface area (Å²) in [7, 11) is 0. The summed E-state index contributed by atoms with van der Waals surface area (Å²) in [6.07, 6.45) is 0.0563. The number of nitrogens with one attached hydrogen (secondary N) is 2. The van der Waals surface area contributed by atoms with Crippen molar-refractivity contribution in [3.63, 3.8) is 0 Å². The zero-order valence-electron chi connectivity index (χ0n) is 16.3. The Morgan fingerprint density at radius 2 is 1.70 bits per heavy atom. The third-order valence-corrected chi connectivity index (χ3v) is 4.29. The van der Waals surface area contributed by atoms with Gasteiger partial charge in [0.25, 0.3) is 0 Å². The van der Waals surface area contributed by atoms with Crippen LogP contribution in [0.25, 0.3) is 0 Å². The summed E-state index contributed by atoms with van der Waals surface area (Å²) in [5.74, 6) is -2.97. The van der Waals surface area contributed by atoms with Crippen LogP contribution in [0.4, 0.5) is 17.3 Å². The van der Waals surface area contributed by atoms with E-state index >= 15 is 0 Å². The second-order valence-electron chi connectivity index (χ2n) is 6.93. The Morgan fingerprint density at radius 3 is 2.20 bits per heavy atom. The van der Waals surface area contributed by atoms with Crippen LogP contribution in [-0.4, -0.2) is 49.2 Å². The number of nitro groups is 1. The van der Waals surface area contributed by atoms with Crippen LogP contribution in [0.5, 0.6) is 5.75 Å². The Hall–Kier alpha value is -3.89. The number of nitrogens with zero attached hydrogens (tertiary/aromatic N) is 2. The average Bonchev–Trinajstić information content (AvgIpc) is 2.66. The zero-order valence-corrected chi connectivity index (χ0v) is 16.3. The number of rotatable bonds is 10. The van der Waals surface area contributed by atoms with Crippen LogP contribution < -0.4 is 10.6 Å². The van der Waals surface area contributed by atoms with E-state index in [1.807, 2.05) is 0 Å². The highest BCUT2D eigenvalue weighted by Gasteiger charge is 2.27. The van der Waals surface area contributed by atoms with E-state index in [0.29, 0.717) is 5.56 Å². The Bertz CT molecular complexity index is 931. The van der Waals surface area contributed by atoms with Crippen LogP contribution in [0.3, 0.4) is 0 Å². The molecule has 0 radical (unpaired) electrons. The van der Waals surface area contributed by atoms with E-state index in [-0.39, 0.29) is 29.7 Å².